The Morgan fingerprint density at radius 1 is 1.26 bits per heavy atom. The Kier molecular flexibility index (Phi) is 5.73. The predicted octanol–water partition coefficient (Wildman–Crippen LogP) is 2.23. The van der Waals surface area contributed by atoms with Crippen LogP contribution >= 0.6 is 24.0 Å². The van der Waals surface area contributed by atoms with Gasteiger partial charge in [-0.3, -0.25) is 19.3 Å². The van der Waals surface area contributed by atoms with Gasteiger partial charge in [0.25, 0.3) is 11.8 Å². The fourth-order valence-corrected chi connectivity index (χ4v) is 3.52. The molecule has 6 nitrogen and oxygen atoms in total. The van der Waals surface area contributed by atoms with Crippen molar-refractivity contribution < 1.29 is 23.9 Å². The Bertz CT molecular complexity index is 626. The maximum absolute atomic E-state index is 12.5. The molecular formula is C15H15NO5S2. The van der Waals surface area contributed by atoms with Crippen LogP contribution in [0.3, 0.4) is 0 Å². The molecule has 2 rings (SSSR count). The van der Waals surface area contributed by atoms with Crippen LogP contribution in [0.2, 0.25) is 0 Å². The van der Waals surface area contributed by atoms with Gasteiger partial charge in [0, 0.05) is 0 Å². The number of carbonyl (C=O) groups excluding carboxylic acids is 3. The van der Waals surface area contributed by atoms with Crippen LogP contribution in [-0.4, -0.2) is 46.2 Å². The van der Waals surface area contributed by atoms with Gasteiger partial charge in [0.05, 0.1) is 31.3 Å². The summed E-state index contributed by atoms with van der Waals surface area (Å²) in [6.07, 6.45) is -0.167. The number of nitrogens with zero attached hydrogens (tertiary/aromatic N) is 1. The molecule has 0 N–H and O–H groups in total. The number of rotatable bonds is 5. The number of ether oxygens (including phenoxy) is 2. The molecule has 1 aliphatic heterocycles. The first-order chi connectivity index (χ1) is 11.0. The molecule has 0 saturated heterocycles. The number of amides is 2. The van der Waals surface area contributed by atoms with Gasteiger partial charge in [-0.15, -0.1) is 0 Å². The van der Waals surface area contributed by atoms with E-state index in [4.69, 9.17) is 17.0 Å². The van der Waals surface area contributed by atoms with Crippen molar-refractivity contribution in [1.29, 1.82) is 0 Å². The molecule has 0 aromatic heterocycles. The van der Waals surface area contributed by atoms with E-state index in [-0.39, 0.29) is 10.8 Å². The van der Waals surface area contributed by atoms with Crippen LogP contribution in [0.25, 0.3) is 0 Å². The fourth-order valence-electron chi connectivity index (χ4n) is 2.14. The third kappa shape index (κ3) is 3.70. The second-order valence-corrected chi connectivity index (χ2v) is 6.34. The summed E-state index contributed by atoms with van der Waals surface area (Å²) >= 11 is 6.04. The van der Waals surface area contributed by atoms with Crippen LogP contribution in [0.15, 0.2) is 24.3 Å². The lowest BCUT2D eigenvalue weighted by Crippen LogP contribution is -2.40. The quantitative estimate of drug-likeness (QED) is 0.456. The van der Waals surface area contributed by atoms with E-state index in [1.165, 1.54) is 7.11 Å². The summed E-state index contributed by atoms with van der Waals surface area (Å²) in [5, 5.41) is -0.811. The Morgan fingerprint density at radius 2 is 1.83 bits per heavy atom. The fraction of sp³-hybridized carbons (Fsp3) is 0.333. The van der Waals surface area contributed by atoms with Gasteiger partial charge in [0.1, 0.15) is 5.37 Å². The van der Waals surface area contributed by atoms with Gasteiger partial charge in [-0.2, -0.15) is 0 Å². The molecule has 23 heavy (non-hydrogen) atoms. The van der Waals surface area contributed by atoms with Crippen LogP contribution in [0.4, 0.5) is 0 Å². The minimum atomic E-state index is -0.811. The van der Waals surface area contributed by atoms with Gasteiger partial charge in [-0.1, -0.05) is 23.9 Å². The minimum Gasteiger partial charge on any atom is -0.479 e. The van der Waals surface area contributed by atoms with Gasteiger partial charge in [0.2, 0.25) is 4.38 Å². The number of methoxy groups -OCH3 is 1. The second kappa shape index (κ2) is 7.56. The lowest BCUT2D eigenvalue weighted by molar-refractivity contribution is -0.140. The van der Waals surface area contributed by atoms with E-state index in [1.54, 1.807) is 31.2 Å². The zero-order chi connectivity index (χ0) is 17.0. The van der Waals surface area contributed by atoms with E-state index in [0.29, 0.717) is 17.7 Å². The summed E-state index contributed by atoms with van der Waals surface area (Å²) in [4.78, 5) is 37.7. The van der Waals surface area contributed by atoms with Gasteiger partial charge >= 0.3 is 5.97 Å². The van der Waals surface area contributed by atoms with Gasteiger partial charge in [-0.05, 0) is 31.3 Å². The summed E-state index contributed by atoms with van der Waals surface area (Å²) in [5.41, 5.74) is 0.630. The van der Waals surface area contributed by atoms with Crippen LogP contribution in [-0.2, 0) is 14.3 Å². The topological polar surface area (TPSA) is 72.9 Å². The highest BCUT2D eigenvalue weighted by Crippen LogP contribution is 2.31. The number of benzene rings is 1. The summed E-state index contributed by atoms with van der Waals surface area (Å²) in [6, 6.07) is 6.52. The van der Waals surface area contributed by atoms with Crippen molar-refractivity contribution in [2.45, 2.75) is 18.7 Å². The Morgan fingerprint density at radius 3 is 2.30 bits per heavy atom. The largest absolute Gasteiger partial charge is 0.479 e. The maximum Gasteiger partial charge on any atom is 0.308 e. The van der Waals surface area contributed by atoms with Gasteiger partial charge in [0.15, 0.2) is 0 Å². The highest BCUT2D eigenvalue weighted by molar-refractivity contribution is 8.23. The van der Waals surface area contributed by atoms with Crippen molar-refractivity contribution in [3.05, 3.63) is 35.4 Å². The summed E-state index contributed by atoms with van der Waals surface area (Å²) in [6.45, 7) is 2.13. The number of hydrogen-bond donors (Lipinski definition) is 0. The molecule has 1 aromatic rings. The van der Waals surface area contributed by atoms with Crippen LogP contribution in [0, 0.1) is 0 Å². The lowest BCUT2D eigenvalue weighted by atomic mass is 10.1. The third-order valence-electron chi connectivity index (χ3n) is 3.18. The van der Waals surface area contributed by atoms with Gasteiger partial charge in [-0.25, -0.2) is 0 Å². The zero-order valence-corrected chi connectivity index (χ0v) is 14.2. The molecule has 1 heterocycles. The molecule has 2 amide bonds. The molecule has 0 aliphatic carbocycles. The number of thiocarbonyl (C=S) groups is 1. The van der Waals surface area contributed by atoms with E-state index in [2.05, 4.69) is 4.74 Å². The molecule has 0 radical (unpaired) electrons. The van der Waals surface area contributed by atoms with E-state index in [1.807, 2.05) is 0 Å². The molecule has 0 bridgehead atoms. The van der Waals surface area contributed by atoms with E-state index in [0.717, 1.165) is 16.7 Å². The monoisotopic (exact) mass is 353 g/mol. The highest BCUT2D eigenvalue weighted by atomic mass is 32.2. The van der Waals surface area contributed by atoms with E-state index >= 15 is 0 Å². The number of imide groups is 1. The Labute approximate surface area is 143 Å². The number of fused-ring (bicyclic) bond motifs is 1. The first-order valence-electron chi connectivity index (χ1n) is 6.86. The summed E-state index contributed by atoms with van der Waals surface area (Å²) < 4.78 is 10.00. The highest BCUT2D eigenvalue weighted by Gasteiger charge is 2.41. The number of hydrogen-bond acceptors (Lipinski definition) is 7. The van der Waals surface area contributed by atoms with Crippen molar-refractivity contribution in [2.24, 2.45) is 0 Å². The average molecular weight is 353 g/mol. The molecule has 8 heteroatoms. The lowest BCUT2D eigenvalue weighted by Gasteiger charge is -2.24. The van der Waals surface area contributed by atoms with Crippen LogP contribution < -0.4 is 0 Å². The molecule has 1 aliphatic rings. The number of thioether (sulfide) groups is 1. The van der Waals surface area contributed by atoms with E-state index < -0.39 is 23.2 Å². The Balaban J connectivity index is 2.28. The first-order valence-corrected chi connectivity index (χ1v) is 8.15. The molecule has 0 fully saturated rings. The number of carbonyl (C=O) groups is 3. The Hall–Kier alpha value is -1.93. The zero-order valence-electron chi connectivity index (χ0n) is 12.6. The molecule has 0 spiro atoms. The van der Waals surface area contributed by atoms with Crippen molar-refractivity contribution in [2.75, 3.05) is 13.7 Å². The predicted molar refractivity (Wildman–Crippen MR) is 89.2 cm³/mol. The molecule has 122 valence electrons. The standard InChI is InChI=1S/C15H15NO5S2/c1-3-21-15(22)23-11(8-12(17)20-2)16-13(18)9-6-4-5-7-10(9)14(16)19/h4-7,11H,3,8H2,1-2H3. The molecule has 1 atom stereocenters. The van der Waals surface area contributed by atoms with Crippen molar-refractivity contribution >= 4 is 46.1 Å². The van der Waals surface area contributed by atoms with Gasteiger partial charge < -0.3 is 9.47 Å². The molecule has 0 saturated carbocycles. The summed E-state index contributed by atoms with van der Waals surface area (Å²) in [7, 11) is 1.24. The van der Waals surface area contributed by atoms with Crippen LogP contribution in [0.5, 0.6) is 0 Å². The van der Waals surface area contributed by atoms with E-state index in [9.17, 15) is 14.4 Å². The van der Waals surface area contributed by atoms with Crippen molar-refractivity contribution in [1.82, 2.24) is 4.90 Å². The average Bonchev–Trinajstić information content (AvgIpc) is 2.79. The summed E-state index contributed by atoms with van der Waals surface area (Å²) in [5.74, 6) is -1.45. The third-order valence-corrected chi connectivity index (χ3v) is 4.54. The molecule has 1 unspecified atom stereocenters. The molecule has 1 aromatic carbocycles. The SMILES string of the molecule is CCOC(=S)SC(CC(=O)OC)N1C(=O)c2ccccc2C1=O. The molecular weight excluding hydrogens is 338 g/mol. The first kappa shape index (κ1) is 17.4. The minimum absolute atomic E-state index is 0.165. The normalized spacial score (nSPS) is 14.4. The smallest absolute Gasteiger partial charge is 0.308 e. The number of esters is 1. The maximum atomic E-state index is 12.5. The van der Waals surface area contributed by atoms with Crippen molar-refractivity contribution in [3.63, 3.8) is 0 Å². The van der Waals surface area contributed by atoms with Crippen molar-refractivity contribution in [3.8, 4) is 0 Å². The van der Waals surface area contributed by atoms with Crippen LogP contribution in [0.1, 0.15) is 34.1 Å². The second-order valence-electron chi connectivity index (χ2n) is 4.56.